The van der Waals surface area contributed by atoms with Gasteiger partial charge in [-0.05, 0) is 24.3 Å². The van der Waals surface area contributed by atoms with Gasteiger partial charge in [0.05, 0.1) is 16.7 Å². The Labute approximate surface area is 121 Å². The molecule has 0 bridgehead atoms. The smallest absolute Gasteiger partial charge is 0.224 e. The number of amides is 1. The molecule has 0 radical (unpaired) electrons. The van der Waals surface area contributed by atoms with Crippen LogP contribution in [0.1, 0.15) is 12.2 Å². The summed E-state index contributed by atoms with van der Waals surface area (Å²) in [5.41, 5.74) is 2.29. The van der Waals surface area contributed by atoms with E-state index in [9.17, 15) is 9.90 Å². The number of H-pyrrole nitrogens is 1. The number of nitrogens with one attached hydrogen (secondary N) is 2. The van der Waals surface area contributed by atoms with E-state index in [1.165, 1.54) is 6.07 Å². The Hall–Kier alpha value is -2.82. The molecule has 5 nitrogen and oxygen atoms in total. The van der Waals surface area contributed by atoms with E-state index in [-0.39, 0.29) is 11.7 Å². The van der Waals surface area contributed by atoms with E-state index in [1.807, 2.05) is 24.3 Å². The number of phenols is 1. The topological polar surface area (TPSA) is 78.0 Å². The fourth-order valence-electron chi connectivity index (χ4n) is 2.15. The van der Waals surface area contributed by atoms with Crippen LogP contribution in [0.5, 0.6) is 5.75 Å². The zero-order chi connectivity index (χ0) is 14.7. The average molecular weight is 281 g/mol. The van der Waals surface area contributed by atoms with E-state index < -0.39 is 0 Å². The number of benzene rings is 2. The molecule has 1 heterocycles. The predicted octanol–water partition coefficient (Wildman–Crippen LogP) is 2.84. The van der Waals surface area contributed by atoms with Crippen LogP contribution in [0, 0.1) is 0 Å². The monoisotopic (exact) mass is 281 g/mol. The summed E-state index contributed by atoms with van der Waals surface area (Å²) < 4.78 is 0. The predicted molar refractivity (Wildman–Crippen MR) is 81.2 cm³/mol. The summed E-state index contributed by atoms with van der Waals surface area (Å²) in [6, 6.07) is 14.4. The van der Waals surface area contributed by atoms with E-state index in [1.54, 1.807) is 18.2 Å². The van der Waals surface area contributed by atoms with Crippen LogP contribution in [-0.2, 0) is 11.2 Å². The summed E-state index contributed by atoms with van der Waals surface area (Å²) >= 11 is 0. The SMILES string of the molecule is O=C(CCc1nc2ccccc2[nH]1)Nc1ccccc1O. The molecular weight excluding hydrogens is 266 g/mol. The van der Waals surface area contributed by atoms with Gasteiger partial charge in [-0.1, -0.05) is 24.3 Å². The Balaban J connectivity index is 1.62. The third kappa shape index (κ3) is 3.02. The second-order valence-corrected chi connectivity index (χ2v) is 4.77. The molecule has 0 unspecified atom stereocenters. The molecule has 1 aromatic heterocycles. The number of para-hydroxylation sites is 4. The summed E-state index contributed by atoms with van der Waals surface area (Å²) in [5, 5.41) is 12.3. The van der Waals surface area contributed by atoms with Crippen molar-refractivity contribution in [2.45, 2.75) is 12.8 Å². The molecule has 3 N–H and O–H groups in total. The average Bonchev–Trinajstić information content (AvgIpc) is 2.90. The quantitative estimate of drug-likeness (QED) is 0.643. The van der Waals surface area contributed by atoms with Gasteiger partial charge in [0.25, 0.3) is 0 Å². The van der Waals surface area contributed by atoms with Gasteiger partial charge in [0.15, 0.2) is 0 Å². The van der Waals surface area contributed by atoms with Crippen LogP contribution in [-0.4, -0.2) is 21.0 Å². The lowest BCUT2D eigenvalue weighted by molar-refractivity contribution is -0.116. The van der Waals surface area contributed by atoms with E-state index in [0.717, 1.165) is 16.9 Å². The summed E-state index contributed by atoms with van der Waals surface area (Å²) in [6.07, 6.45) is 0.822. The molecule has 0 saturated heterocycles. The van der Waals surface area contributed by atoms with Gasteiger partial charge in [0.1, 0.15) is 11.6 Å². The number of anilines is 1. The lowest BCUT2D eigenvalue weighted by Gasteiger charge is -2.06. The maximum Gasteiger partial charge on any atom is 0.224 e. The standard InChI is InChI=1S/C16H15N3O2/c20-14-8-4-3-7-13(14)19-16(21)10-9-15-17-11-5-1-2-6-12(11)18-15/h1-8,20H,9-10H2,(H,17,18)(H,19,21). The third-order valence-electron chi connectivity index (χ3n) is 3.21. The number of aryl methyl sites for hydroxylation is 1. The molecule has 0 saturated carbocycles. The highest BCUT2D eigenvalue weighted by atomic mass is 16.3. The number of aromatic hydroxyl groups is 1. The highest BCUT2D eigenvalue weighted by Gasteiger charge is 2.08. The van der Waals surface area contributed by atoms with Gasteiger partial charge < -0.3 is 15.4 Å². The molecule has 1 amide bonds. The zero-order valence-electron chi connectivity index (χ0n) is 11.3. The number of rotatable bonds is 4. The van der Waals surface area contributed by atoms with Crippen LogP contribution in [0.2, 0.25) is 0 Å². The number of nitrogens with zero attached hydrogens (tertiary/aromatic N) is 1. The number of hydrogen-bond acceptors (Lipinski definition) is 3. The lowest BCUT2D eigenvalue weighted by Crippen LogP contribution is -2.12. The first-order valence-electron chi connectivity index (χ1n) is 6.74. The van der Waals surface area contributed by atoms with Crippen molar-refractivity contribution >= 4 is 22.6 Å². The Morgan fingerprint density at radius 2 is 1.90 bits per heavy atom. The van der Waals surface area contributed by atoms with Crippen molar-refractivity contribution in [1.82, 2.24) is 9.97 Å². The van der Waals surface area contributed by atoms with Crippen LogP contribution < -0.4 is 5.32 Å². The molecular formula is C16H15N3O2. The van der Waals surface area contributed by atoms with Gasteiger partial charge >= 0.3 is 0 Å². The number of fused-ring (bicyclic) bond motifs is 1. The van der Waals surface area contributed by atoms with Gasteiger partial charge in [-0.25, -0.2) is 4.98 Å². The molecule has 0 aliphatic heterocycles. The summed E-state index contributed by atoms with van der Waals surface area (Å²) in [4.78, 5) is 19.5. The molecule has 2 aromatic carbocycles. The van der Waals surface area contributed by atoms with Crippen molar-refractivity contribution in [1.29, 1.82) is 0 Å². The Morgan fingerprint density at radius 3 is 2.71 bits per heavy atom. The minimum Gasteiger partial charge on any atom is -0.506 e. The summed E-state index contributed by atoms with van der Waals surface area (Å²) in [7, 11) is 0. The van der Waals surface area contributed by atoms with Gasteiger partial charge in [-0.3, -0.25) is 4.79 Å². The normalized spacial score (nSPS) is 10.7. The fraction of sp³-hybridized carbons (Fsp3) is 0.125. The molecule has 106 valence electrons. The minimum absolute atomic E-state index is 0.0644. The van der Waals surface area contributed by atoms with Crippen LogP contribution in [0.25, 0.3) is 11.0 Å². The van der Waals surface area contributed by atoms with E-state index >= 15 is 0 Å². The van der Waals surface area contributed by atoms with Crippen molar-refractivity contribution in [3.05, 3.63) is 54.4 Å². The van der Waals surface area contributed by atoms with Gasteiger partial charge in [-0.2, -0.15) is 0 Å². The zero-order valence-corrected chi connectivity index (χ0v) is 11.3. The highest BCUT2D eigenvalue weighted by molar-refractivity contribution is 5.92. The molecule has 5 heteroatoms. The van der Waals surface area contributed by atoms with Crippen LogP contribution in [0.4, 0.5) is 5.69 Å². The highest BCUT2D eigenvalue weighted by Crippen LogP contribution is 2.21. The second kappa shape index (κ2) is 5.66. The van der Waals surface area contributed by atoms with Gasteiger partial charge in [-0.15, -0.1) is 0 Å². The second-order valence-electron chi connectivity index (χ2n) is 4.77. The van der Waals surface area contributed by atoms with Crippen LogP contribution in [0.15, 0.2) is 48.5 Å². The first-order chi connectivity index (χ1) is 10.2. The molecule has 0 aliphatic carbocycles. The number of imidazole rings is 1. The first-order valence-corrected chi connectivity index (χ1v) is 6.74. The number of carbonyl (C=O) groups excluding carboxylic acids is 1. The first kappa shape index (κ1) is 13.2. The molecule has 3 rings (SSSR count). The van der Waals surface area contributed by atoms with Crippen molar-refractivity contribution in [2.75, 3.05) is 5.32 Å². The van der Waals surface area contributed by atoms with Crippen molar-refractivity contribution in [3.8, 4) is 5.75 Å². The fourth-order valence-corrected chi connectivity index (χ4v) is 2.15. The van der Waals surface area contributed by atoms with Crippen LogP contribution >= 0.6 is 0 Å². The number of phenolic OH excluding ortho intramolecular Hbond substituents is 1. The third-order valence-corrected chi connectivity index (χ3v) is 3.21. The lowest BCUT2D eigenvalue weighted by atomic mass is 10.2. The van der Waals surface area contributed by atoms with Gasteiger partial charge in [0.2, 0.25) is 5.91 Å². The molecule has 3 aromatic rings. The molecule has 21 heavy (non-hydrogen) atoms. The van der Waals surface area contributed by atoms with E-state index in [2.05, 4.69) is 15.3 Å². The maximum absolute atomic E-state index is 11.9. The Morgan fingerprint density at radius 1 is 1.14 bits per heavy atom. The Kier molecular flexibility index (Phi) is 3.55. The van der Waals surface area contributed by atoms with E-state index in [4.69, 9.17) is 0 Å². The number of aromatic amines is 1. The van der Waals surface area contributed by atoms with Gasteiger partial charge in [0, 0.05) is 12.8 Å². The largest absolute Gasteiger partial charge is 0.506 e. The maximum atomic E-state index is 11.9. The summed E-state index contributed by atoms with van der Waals surface area (Å²) in [6.45, 7) is 0. The molecule has 0 spiro atoms. The number of carbonyl (C=O) groups is 1. The molecule has 0 atom stereocenters. The van der Waals surface area contributed by atoms with Crippen molar-refractivity contribution < 1.29 is 9.90 Å². The summed E-state index contributed by atoms with van der Waals surface area (Å²) in [5.74, 6) is 0.690. The molecule has 0 aliphatic rings. The Bertz CT molecular complexity index is 747. The van der Waals surface area contributed by atoms with Crippen LogP contribution in [0.3, 0.4) is 0 Å². The van der Waals surface area contributed by atoms with Crippen molar-refractivity contribution in [2.24, 2.45) is 0 Å². The van der Waals surface area contributed by atoms with E-state index in [0.29, 0.717) is 18.5 Å². The minimum atomic E-state index is -0.156. The van der Waals surface area contributed by atoms with Crippen molar-refractivity contribution in [3.63, 3.8) is 0 Å². The molecule has 0 fully saturated rings. The number of hydrogen-bond donors (Lipinski definition) is 3. The number of aromatic nitrogens is 2.